The molecular weight excluding hydrogens is 306 g/mol. The van der Waals surface area contributed by atoms with Gasteiger partial charge in [0.1, 0.15) is 5.75 Å². The molecule has 3 rings (SSSR count). The lowest BCUT2D eigenvalue weighted by Gasteiger charge is -2.40. The Labute approximate surface area is 143 Å². The minimum atomic E-state index is -0.0597. The first kappa shape index (κ1) is 17.0. The molecule has 0 aromatic heterocycles. The van der Waals surface area contributed by atoms with Gasteiger partial charge in [0, 0.05) is 51.0 Å². The van der Waals surface area contributed by atoms with Crippen LogP contribution in [-0.2, 0) is 9.53 Å². The minimum absolute atomic E-state index is 0.0597. The number of hydrogen-bond donors (Lipinski definition) is 0. The largest absolute Gasteiger partial charge is 0.497 e. The van der Waals surface area contributed by atoms with E-state index in [-0.39, 0.29) is 11.9 Å². The molecule has 24 heavy (non-hydrogen) atoms. The number of rotatable bonds is 4. The van der Waals surface area contributed by atoms with Crippen LogP contribution < -0.4 is 9.64 Å². The molecule has 2 aliphatic rings. The molecule has 2 aliphatic heterocycles. The normalized spacial score (nSPS) is 20.8. The van der Waals surface area contributed by atoms with Crippen LogP contribution in [0.15, 0.2) is 24.3 Å². The van der Waals surface area contributed by atoms with E-state index in [0.717, 1.165) is 31.9 Å². The first-order valence-corrected chi connectivity index (χ1v) is 8.68. The summed E-state index contributed by atoms with van der Waals surface area (Å²) >= 11 is 0. The summed E-state index contributed by atoms with van der Waals surface area (Å²) in [5.74, 6) is 1.11. The zero-order valence-corrected chi connectivity index (χ0v) is 14.6. The van der Waals surface area contributed by atoms with Crippen LogP contribution in [0, 0.1) is 0 Å². The van der Waals surface area contributed by atoms with Crippen LogP contribution >= 0.6 is 0 Å². The van der Waals surface area contributed by atoms with Crippen molar-refractivity contribution >= 4 is 11.6 Å². The Morgan fingerprint density at radius 2 is 1.83 bits per heavy atom. The summed E-state index contributed by atoms with van der Waals surface area (Å²) in [7, 11) is 1.69. The van der Waals surface area contributed by atoms with E-state index in [1.807, 2.05) is 24.0 Å². The summed E-state index contributed by atoms with van der Waals surface area (Å²) in [4.78, 5) is 19.2. The fourth-order valence-electron chi connectivity index (χ4n) is 3.38. The van der Waals surface area contributed by atoms with Gasteiger partial charge in [0.05, 0.1) is 26.4 Å². The number of anilines is 1. The van der Waals surface area contributed by atoms with Crippen molar-refractivity contribution in [2.45, 2.75) is 13.0 Å². The lowest BCUT2D eigenvalue weighted by molar-refractivity contribution is -0.140. The Bertz CT molecular complexity index is 552. The first-order valence-electron chi connectivity index (χ1n) is 8.68. The summed E-state index contributed by atoms with van der Waals surface area (Å²) in [6.07, 6.45) is 0. The Morgan fingerprint density at radius 1 is 1.12 bits per heavy atom. The molecule has 0 saturated carbocycles. The van der Waals surface area contributed by atoms with Gasteiger partial charge in [-0.3, -0.25) is 9.69 Å². The lowest BCUT2D eigenvalue weighted by Crippen LogP contribution is -2.56. The second-order valence-electron chi connectivity index (χ2n) is 6.34. The maximum absolute atomic E-state index is 12.6. The number of morpholine rings is 1. The molecule has 0 radical (unpaired) electrons. The Kier molecular flexibility index (Phi) is 5.58. The van der Waals surface area contributed by atoms with E-state index in [2.05, 4.69) is 21.9 Å². The van der Waals surface area contributed by atoms with E-state index < -0.39 is 0 Å². The Balaban J connectivity index is 1.55. The molecule has 6 heteroatoms. The molecule has 1 aromatic carbocycles. The van der Waals surface area contributed by atoms with Crippen molar-refractivity contribution in [3.05, 3.63) is 24.3 Å². The molecule has 0 N–H and O–H groups in total. The number of benzene rings is 1. The summed E-state index contributed by atoms with van der Waals surface area (Å²) in [6.45, 7) is 8.41. The van der Waals surface area contributed by atoms with Gasteiger partial charge in [0.15, 0.2) is 0 Å². The molecule has 1 atom stereocenters. The molecule has 2 heterocycles. The quantitative estimate of drug-likeness (QED) is 0.825. The van der Waals surface area contributed by atoms with Gasteiger partial charge in [-0.15, -0.1) is 0 Å². The van der Waals surface area contributed by atoms with E-state index in [4.69, 9.17) is 9.47 Å². The number of carbonyl (C=O) groups excluding carboxylic acids is 1. The highest BCUT2D eigenvalue weighted by Crippen LogP contribution is 2.22. The zero-order valence-electron chi connectivity index (χ0n) is 14.6. The van der Waals surface area contributed by atoms with Crippen molar-refractivity contribution in [1.29, 1.82) is 0 Å². The van der Waals surface area contributed by atoms with E-state index in [1.54, 1.807) is 7.11 Å². The molecule has 1 aromatic rings. The standard InChI is InChI=1S/C18H27N3O3/c1-15(18(22)21-10-12-24-13-11-21)19-6-8-20(9-7-19)16-4-3-5-17(14-16)23-2/h3-5,14-15H,6-13H2,1-2H3. The van der Waals surface area contributed by atoms with E-state index in [9.17, 15) is 4.79 Å². The maximum Gasteiger partial charge on any atom is 0.239 e. The van der Waals surface area contributed by atoms with Crippen molar-refractivity contribution in [2.75, 3.05) is 64.5 Å². The van der Waals surface area contributed by atoms with Crippen LogP contribution in [0.2, 0.25) is 0 Å². The van der Waals surface area contributed by atoms with Crippen molar-refractivity contribution in [1.82, 2.24) is 9.80 Å². The van der Waals surface area contributed by atoms with Crippen LogP contribution in [0.1, 0.15) is 6.92 Å². The lowest BCUT2D eigenvalue weighted by atomic mass is 10.1. The number of piperazine rings is 1. The van der Waals surface area contributed by atoms with Crippen LogP contribution in [0.3, 0.4) is 0 Å². The van der Waals surface area contributed by atoms with Crippen molar-refractivity contribution in [2.24, 2.45) is 0 Å². The predicted molar refractivity (Wildman–Crippen MR) is 93.6 cm³/mol. The number of nitrogens with zero attached hydrogens (tertiary/aromatic N) is 3. The van der Waals surface area contributed by atoms with Gasteiger partial charge in [0.2, 0.25) is 5.91 Å². The highest BCUT2D eigenvalue weighted by molar-refractivity contribution is 5.81. The molecule has 0 bridgehead atoms. The van der Waals surface area contributed by atoms with E-state index in [0.29, 0.717) is 26.3 Å². The highest BCUT2D eigenvalue weighted by atomic mass is 16.5. The second-order valence-corrected chi connectivity index (χ2v) is 6.34. The highest BCUT2D eigenvalue weighted by Gasteiger charge is 2.29. The number of hydrogen-bond acceptors (Lipinski definition) is 5. The average Bonchev–Trinajstić information content (AvgIpc) is 2.67. The SMILES string of the molecule is COc1cccc(N2CCN(C(C)C(=O)N3CCOCC3)CC2)c1. The van der Waals surface area contributed by atoms with Gasteiger partial charge >= 0.3 is 0 Å². The molecule has 6 nitrogen and oxygen atoms in total. The third kappa shape index (κ3) is 3.82. The predicted octanol–water partition coefficient (Wildman–Crippen LogP) is 1.06. The number of methoxy groups -OCH3 is 1. The third-order valence-corrected chi connectivity index (χ3v) is 4.96. The van der Waals surface area contributed by atoms with Gasteiger partial charge in [-0.2, -0.15) is 0 Å². The number of amides is 1. The number of ether oxygens (including phenoxy) is 2. The topological polar surface area (TPSA) is 45.2 Å². The molecular formula is C18H27N3O3. The van der Waals surface area contributed by atoms with Gasteiger partial charge < -0.3 is 19.3 Å². The van der Waals surface area contributed by atoms with Gasteiger partial charge in [-0.1, -0.05) is 6.07 Å². The fourth-order valence-corrected chi connectivity index (χ4v) is 3.38. The van der Waals surface area contributed by atoms with E-state index in [1.165, 1.54) is 5.69 Å². The van der Waals surface area contributed by atoms with Crippen LogP contribution in [0.4, 0.5) is 5.69 Å². The molecule has 132 valence electrons. The summed E-state index contributed by atoms with van der Waals surface area (Å²) in [5, 5.41) is 0. The summed E-state index contributed by atoms with van der Waals surface area (Å²) in [6, 6.07) is 8.10. The van der Waals surface area contributed by atoms with Gasteiger partial charge in [-0.25, -0.2) is 0 Å². The van der Waals surface area contributed by atoms with Gasteiger partial charge in [0.25, 0.3) is 0 Å². The Morgan fingerprint density at radius 3 is 2.50 bits per heavy atom. The molecule has 0 aliphatic carbocycles. The summed E-state index contributed by atoms with van der Waals surface area (Å²) < 4.78 is 10.6. The Hall–Kier alpha value is -1.79. The molecule has 1 amide bonds. The van der Waals surface area contributed by atoms with Crippen molar-refractivity contribution in [3.8, 4) is 5.75 Å². The van der Waals surface area contributed by atoms with Crippen LogP contribution in [0.5, 0.6) is 5.75 Å². The smallest absolute Gasteiger partial charge is 0.239 e. The van der Waals surface area contributed by atoms with Crippen molar-refractivity contribution < 1.29 is 14.3 Å². The minimum Gasteiger partial charge on any atom is -0.497 e. The third-order valence-electron chi connectivity index (χ3n) is 4.96. The van der Waals surface area contributed by atoms with Gasteiger partial charge in [-0.05, 0) is 19.1 Å². The van der Waals surface area contributed by atoms with Crippen LogP contribution in [-0.4, -0.2) is 81.3 Å². The maximum atomic E-state index is 12.6. The van der Waals surface area contributed by atoms with Crippen LogP contribution in [0.25, 0.3) is 0 Å². The first-order chi connectivity index (χ1) is 11.7. The monoisotopic (exact) mass is 333 g/mol. The van der Waals surface area contributed by atoms with Crippen molar-refractivity contribution in [3.63, 3.8) is 0 Å². The molecule has 1 unspecified atom stereocenters. The zero-order chi connectivity index (χ0) is 16.9. The molecule has 0 spiro atoms. The fraction of sp³-hybridized carbons (Fsp3) is 0.611. The average molecular weight is 333 g/mol. The number of carbonyl (C=O) groups is 1. The second kappa shape index (κ2) is 7.85. The summed E-state index contributed by atoms with van der Waals surface area (Å²) in [5.41, 5.74) is 1.18. The molecule has 2 saturated heterocycles. The molecule has 2 fully saturated rings. The van der Waals surface area contributed by atoms with E-state index >= 15 is 0 Å².